The minimum Gasteiger partial charge on any atom is -0.298 e. The SMILES string of the molecule is Cn1c(=O)c2c(-c3ccccc3)n(NC3=CC(=O)CC(C)(C)C3)cc2n(C)c1=O. The summed E-state index contributed by atoms with van der Waals surface area (Å²) in [6.07, 6.45) is 4.58. The first kappa shape index (κ1) is 19.0. The molecule has 0 saturated carbocycles. The molecule has 0 radical (unpaired) electrons. The fraction of sp³-hybridized carbons (Fsp3) is 0.318. The molecule has 0 saturated heterocycles. The van der Waals surface area contributed by atoms with Crippen LogP contribution in [0.5, 0.6) is 0 Å². The van der Waals surface area contributed by atoms with Crippen molar-refractivity contribution in [3.63, 3.8) is 0 Å². The van der Waals surface area contributed by atoms with Crippen LogP contribution in [0, 0.1) is 5.41 Å². The largest absolute Gasteiger partial charge is 0.330 e. The van der Waals surface area contributed by atoms with E-state index >= 15 is 0 Å². The molecule has 150 valence electrons. The van der Waals surface area contributed by atoms with Gasteiger partial charge in [0.15, 0.2) is 5.78 Å². The van der Waals surface area contributed by atoms with Crippen molar-refractivity contribution in [2.24, 2.45) is 19.5 Å². The zero-order valence-corrected chi connectivity index (χ0v) is 17.0. The Balaban J connectivity index is 1.98. The summed E-state index contributed by atoms with van der Waals surface area (Å²) < 4.78 is 4.33. The average Bonchev–Trinajstić information content (AvgIpc) is 3.03. The summed E-state index contributed by atoms with van der Waals surface area (Å²) in [6, 6.07) is 9.55. The topological polar surface area (TPSA) is 78.0 Å². The van der Waals surface area contributed by atoms with Crippen molar-refractivity contribution in [2.45, 2.75) is 26.7 Å². The third-order valence-corrected chi connectivity index (χ3v) is 5.41. The summed E-state index contributed by atoms with van der Waals surface area (Å²) >= 11 is 0. The van der Waals surface area contributed by atoms with E-state index in [1.165, 1.54) is 11.6 Å². The number of allylic oxidation sites excluding steroid dienone is 2. The van der Waals surface area contributed by atoms with Gasteiger partial charge < -0.3 is 0 Å². The highest BCUT2D eigenvalue weighted by atomic mass is 16.2. The molecule has 0 amide bonds. The Morgan fingerprint density at radius 2 is 1.66 bits per heavy atom. The molecule has 1 N–H and O–H groups in total. The van der Waals surface area contributed by atoms with Crippen LogP contribution < -0.4 is 16.7 Å². The molecule has 0 atom stereocenters. The number of fused-ring (bicyclic) bond motifs is 1. The Labute approximate surface area is 167 Å². The fourth-order valence-corrected chi connectivity index (χ4v) is 4.08. The van der Waals surface area contributed by atoms with E-state index in [1.54, 1.807) is 24.0 Å². The van der Waals surface area contributed by atoms with Gasteiger partial charge in [-0.1, -0.05) is 44.2 Å². The maximum absolute atomic E-state index is 13.0. The zero-order valence-electron chi connectivity index (χ0n) is 17.0. The highest BCUT2D eigenvalue weighted by Crippen LogP contribution is 2.34. The number of hydrogen-bond donors (Lipinski definition) is 1. The molecule has 0 bridgehead atoms. The van der Waals surface area contributed by atoms with Crippen molar-refractivity contribution in [2.75, 3.05) is 5.43 Å². The first-order valence-corrected chi connectivity index (χ1v) is 9.55. The quantitative estimate of drug-likeness (QED) is 0.743. The number of hydrogen-bond acceptors (Lipinski definition) is 4. The molecule has 2 heterocycles. The number of aryl methyl sites for hydroxylation is 1. The lowest BCUT2D eigenvalue weighted by atomic mass is 9.79. The van der Waals surface area contributed by atoms with Gasteiger partial charge in [-0.2, -0.15) is 0 Å². The maximum atomic E-state index is 13.0. The van der Waals surface area contributed by atoms with Gasteiger partial charge in [-0.05, 0) is 11.8 Å². The van der Waals surface area contributed by atoms with E-state index in [0.717, 1.165) is 15.8 Å². The minimum atomic E-state index is -0.382. The molecule has 1 aliphatic carbocycles. The normalized spacial score (nSPS) is 16.1. The highest BCUT2D eigenvalue weighted by molar-refractivity contribution is 5.94. The summed E-state index contributed by atoms with van der Waals surface area (Å²) in [6.45, 7) is 4.12. The number of carbonyl (C=O) groups is 1. The van der Waals surface area contributed by atoms with Gasteiger partial charge in [-0.25, -0.2) is 4.79 Å². The van der Waals surface area contributed by atoms with Crippen LogP contribution in [-0.4, -0.2) is 19.6 Å². The van der Waals surface area contributed by atoms with Gasteiger partial charge in [0, 0.05) is 37.9 Å². The van der Waals surface area contributed by atoms with Gasteiger partial charge in [0.2, 0.25) is 0 Å². The van der Waals surface area contributed by atoms with Crippen molar-refractivity contribution < 1.29 is 4.79 Å². The Morgan fingerprint density at radius 3 is 2.31 bits per heavy atom. The van der Waals surface area contributed by atoms with E-state index in [1.807, 2.05) is 30.3 Å². The predicted octanol–water partition coefficient (Wildman–Crippen LogP) is 2.52. The molecule has 0 unspecified atom stereocenters. The van der Waals surface area contributed by atoms with E-state index in [9.17, 15) is 14.4 Å². The summed E-state index contributed by atoms with van der Waals surface area (Å²) in [4.78, 5) is 37.6. The second-order valence-electron chi connectivity index (χ2n) is 8.45. The van der Waals surface area contributed by atoms with Crippen molar-refractivity contribution >= 4 is 16.7 Å². The monoisotopic (exact) mass is 392 g/mol. The molecule has 0 spiro atoms. The zero-order chi connectivity index (χ0) is 20.9. The number of nitrogens with one attached hydrogen (secondary N) is 1. The number of benzene rings is 1. The van der Waals surface area contributed by atoms with E-state index in [0.29, 0.717) is 29.4 Å². The molecule has 4 rings (SSSR count). The molecular formula is C22H24N4O3. The Morgan fingerprint density at radius 1 is 0.966 bits per heavy atom. The lowest BCUT2D eigenvalue weighted by molar-refractivity contribution is -0.117. The van der Waals surface area contributed by atoms with Gasteiger partial charge in [0.1, 0.15) is 0 Å². The van der Waals surface area contributed by atoms with Crippen molar-refractivity contribution in [3.05, 3.63) is 69.1 Å². The molecule has 0 aliphatic heterocycles. The summed E-state index contributed by atoms with van der Waals surface area (Å²) in [7, 11) is 3.13. The smallest absolute Gasteiger partial charge is 0.298 e. The number of ketones is 1. The molecule has 7 heteroatoms. The molecule has 29 heavy (non-hydrogen) atoms. The first-order valence-electron chi connectivity index (χ1n) is 9.55. The van der Waals surface area contributed by atoms with Crippen LogP contribution in [0.15, 0.2) is 57.9 Å². The number of nitrogens with zero attached hydrogens (tertiary/aromatic N) is 3. The van der Waals surface area contributed by atoms with Gasteiger partial charge in [-0.15, -0.1) is 0 Å². The average molecular weight is 392 g/mol. The lowest BCUT2D eigenvalue weighted by Gasteiger charge is -2.29. The lowest BCUT2D eigenvalue weighted by Crippen LogP contribution is -2.36. The van der Waals surface area contributed by atoms with Crippen LogP contribution >= 0.6 is 0 Å². The van der Waals surface area contributed by atoms with E-state index in [-0.39, 0.29) is 22.4 Å². The highest BCUT2D eigenvalue weighted by Gasteiger charge is 2.28. The summed E-state index contributed by atoms with van der Waals surface area (Å²) in [5, 5.41) is 0.454. The Bertz CT molecular complexity index is 1270. The third kappa shape index (κ3) is 3.22. The van der Waals surface area contributed by atoms with Crippen LogP contribution in [0.3, 0.4) is 0 Å². The summed E-state index contributed by atoms with van der Waals surface area (Å²) in [5.74, 6) is 0.0741. The molecule has 1 aliphatic rings. The molecule has 3 aromatic rings. The van der Waals surface area contributed by atoms with Gasteiger partial charge >= 0.3 is 5.69 Å². The Hall–Kier alpha value is -3.35. The van der Waals surface area contributed by atoms with Crippen LogP contribution in [0.1, 0.15) is 26.7 Å². The molecule has 0 fully saturated rings. The molecular weight excluding hydrogens is 368 g/mol. The van der Waals surface area contributed by atoms with Crippen molar-refractivity contribution in [1.29, 1.82) is 0 Å². The predicted molar refractivity (Wildman–Crippen MR) is 113 cm³/mol. The third-order valence-electron chi connectivity index (χ3n) is 5.41. The van der Waals surface area contributed by atoms with Crippen molar-refractivity contribution in [1.82, 2.24) is 13.8 Å². The van der Waals surface area contributed by atoms with Gasteiger partial charge in [0.05, 0.1) is 22.8 Å². The van der Waals surface area contributed by atoms with E-state index in [2.05, 4.69) is 19.3 Å². The number of rotatable bonds is 3. The second kappa shape index (κ2) is 6.62. The van der Waals surface area contributed by atoms with E-state index < -0.39 is 0 Å². The Kier molecular flexibility index (Phi) is 4.33. The van der Waals surface area contributed by atoms with Gasteiger partial charge in [-0.3, -0.25) is 28.8 Å². The second-order valence-corrected chi connectivity index (χ2v) is 8.45. The van der Waals surface area contributed by atoms with Crippen LogP contribution in [-0.2, 0) is 18.9 Å². The van der Waals surface area contributed by atoms with Crippen LogP contribution in [0.4, 0.5) is 0 Å². The maximum Gasteiger partial charge on any atom is 0.330 e. The summed E-state index contributed by atoms with van der Waals surface area (Å²) in [5.41, 5.74) is 5.25. The van der Waals surface area contributed by atoms with Crippen molar-refractivity contribution in [3.8, 4) is 11.3 Å². The van der Waals surface area contributed by atoms with E-state index in [4.69, 9.17) is 0 Å². The first-order chi connectivity index (χ1) is 13.7. The molecule has 2 aromatic heterocycles. The number of carbonyl (C=O) groups excluding carboxylic acids is 1. The van der Waals surface area contributed by atoms with Crippen LogP contribution in [0.25, 0.3) is 22.2 Å². The fourth-order valence-electron chi connectivity index (χ4n) is 4.08. The standard InChI is InChI=1S/C22H24N4O3/c1-22(2)11-15(10-16(27)12-22)23-26-13-17-18(19(26)14-8-6-5-7-9-14)20(28)25(4)21(29)24(17)3/h5-10,13,23H,11-12H2,1-4H3. The molecule has 1 aromatic carbocycles. The van der Waals surface area contributed by atoms with Crippen LogP contribution in [0.2, 0.25) is 0 Å². The number of aromatic nitrogens is 3. The minimum absolute atomic E-state index is 0.0741. The molecule has 7 nitrogen and oxygen atoms in total. The van der Waals surface area contributed by atoms with Gasteiger partial charge in [0.25, 0.3) is 5.56 Å².